The molecule has 0 amide bonds. The number of hydrogen-bond acceptors (Lipinski definition) is 3. The molecular formula is C18H26O3. The van der Waals surface area contributed by atoms with Crippen molar-refractivity contribution in [1.29, 1.82) is 0 Å². The number of epoxide rings is 1. The molecule has 1 saturated heterocycles. The van der Waals surface area contributed by atoms with E-state index in [9.17, 15) is 4.79 Å². The monoisotopic (exact) mass is 290 g/mol. The van der Waals surface area contributed by atoms with Crippen LogP contribution in [0.3, 0.4) is 0 Å². The van der Waals surface area contributed by atoms with Crippen molar-refractivity contribution in [3.05, 3.63) is 28.8 Å². The third-order valence-corrected chi connectivity index (χ3v) is 4.26. The van der Waals surface area contributed by atoms with Crippen molar-refractivity contribution in [2.45, 2.75) is 65.6 Å². The van der Waals surface area contributed by atoms with Crippen LogP contribution >= 0.6 is 0 Å². The molecule has 0 spiro atoms. The number of unbranched alkanes of at least 4 members (excludes halogenated alkanes) is 2. The molecule has 1 fully saturated rings. The Morgan fingerprint density at radius 3 is 2.62 bits per heavy atom. The quantitative estimate of drug-likeness (QED) is 0.408. The molecule has 0 saturated carbocycles. The van der Waals surface area contributed by atoms with Crippen LogP contribution < -0.4 is 4.74 Å². The second-order valence-corrected chi connectivity index (χ2v) is 5.94. The Kier molecular flexibility index (Phi) is 5.40. The van der Waals surface area contributed by atoms with Crippen LogP contribution in [0.2, 0.25) is 0 Å². The third-order valence-electron chi connectivity index (χ3n) is 4.26. The molecule has 1 aliphatic heterocycles. The van der Waals surface area contributed by atoms with Crippen LogP contribution in [0, 0.1) is 13.8 Å². The van der Waals surface area contributed by atoms with E-state index in [-0.39, 0.29) is 18.0 Å². The van der Waals surface area contributed by atoms with E-state index in [1.54, 1.807) is 6.92 Å². The molecule has 1 heterocycles. The minimum absolute atomic E-state index is 0.104. The van der Waals surface area contributed by atoms with Gasteiger partial charge in [0.2, 0.25) is 0 Å². The van der Waals surface area contributed by atoms with Gasteiger partial charge >= 0.3 is 0 Å². The van der Waals surface area contributed by atoms with Crippen LogP contribution in [0.5, 0.6) is 5.75 Å². The largest absolute Gasteiger partial charge is 0.487 e. The fourth-order valence-corrected chi connectivity index (χ4v) is 2.65. The first-order valence-electron chi connectivity index (χ1n) is 7.94. The summed E-state index contributed by atoms with van der Waals surface area (Å²) >= 11 is 0. The van der Waals surface area contributed by atoms with Gasteiger partial charge < -0.3 is 9.47 Å². The van der Waals surface area contributed by atoms with Gasteiger partial charge in [-0.15, -0.1) is 0 Å². The van der Waals surface area contributed by atoms with Gasteiger partial charge in [0.15, 0.2) is 5.78 Å². The van der Waals surface area contributed by atoms with Crippen LogP contribution in [-0.2, 0) is 4.74 Å². The number of benzene rings is 1. The molecule has 1 aliphatic rings. The molecule has 3 nitrogen and oxygen atoms in total. The van der Waals surface area contributed by atoms with Crippen LogP contribution in [-0.4, -0.2) is 24.6 Å². The van der Waals surface area contributed by atoms with Gasteiger partial charge in [-0.1, -0.05) is 19.8 Å². The van der Waals surface area contributed by atoms with Crippen molar-refractivity contribution in [1.82, 2.24) is 0 Å². The first kappa shape index (κ1) is 16.0. The zero-order chi connectivity index (χ0) is 15.4. The molecular weight excluding hydrogens is 264 g/mol. The van der Waals surface area contributed by atoms with Gasteiger partial charge in [0.05, 0.1) is 6.61 Å². The zero-order valence-electron chi connectivity index (χ0n) is 13.6. The van der Waals surface area contributed by atoms with E-state index in [4.69, 9.17) is 9.47 Å². The summed E-state index contributed by atoms with van der Waals surface area (Å²) in [6.45, 7) is 8.62. The molecule has 2 rings (SSSR count). The molecule has 0 N–H and O–H groups in total. The molecule has 116 valence electrons. The number of ether oxygens (including phenoxy) is 2. The molecule has 3 heteroatoms. The average molecular weight is 290 g/mol. The molecule has 2 atom stereocenters. The number of carbonyl (C=O) groups excluding carboxylic acids is 1. The van der Waals surface area contributed by atoms with Crippen LogP contribution in [0.15, 0.2) is 12.1 Å². The Hall–Kier alpha value is -1.35. The van der Waals surface area contributed by atoms with Gasteiger partial charge in [-0.05, 0) is 56.9 Å². The van der Waals surface area contributed by atoms with Crippen molar-refractivity contribution in [2.75, 3.05) is 6.61 Å². The maximum atomic E-state index is 11.6. The smallest absolute Gasteiger partial charge is 0.160 e. The summed E-state index contributed by atoms with van der Waals surface area (Å²) in [5.41, 5.74) is 2.86. The minimum atomic E-state index is 0.104. The highest BCUT2D eigenvalue weighted by Gasteiger charge is 2.34. The number of ketones is 1. The number of carbonyl (C=O) groups is 1. The SMILES string of the molecule is CCCCCC(Oc1ccc(C(C)=O)c(C)c1C)C1CO1. The summed E-state index contributed by atoms with van der Waals surface area (Å²) in [4.78, 5) is 11.6. The Labute approximate surface area is 127 Å². The molecule has 0 aromatic heterocycles. The van der Waals surface area contributed by atoms with E-state index >= 15 is 0 Å². The van der Waals surface area contributed by atoms with E-state index in [1.807, 2.05) is 26.0 Å². The van der Waals surface area contributed by atoms with Gasteiger partial charge in [0.1, 0.15) is 18.0 Å². The molecule has 1 aromatic rings. The first-order valence-corrected chi connectivity index (χ1v) is 7.94. The summed E-state index contributed by atoms with van der Waals surface area (Å²) in [6, 6.07) is 3.80. The molecule has 0 bridgehead atoms. The summed E-state index contributed by atoms with van der Waals surface area (Å²) in [5, 5.41) is 0. The van der Waals surface area contributed by atoms with Crippen LogP contribution in [0.1, 0.15) is 61.0 Å². The van der Waals surface area contributed by atoms with Crippen LogP contribution in [0.25, 0.3) is 0 Å². The van der Waals surface area contributed by atoms with Crippen molar-refractivity contribution in [3.8, 4) is 5.75 Å². The predicted molar refractivity (Wildman–Crippen MR) is 84.2 cm³/mol. The Morgan fingerprint density at radius 2 is 2.05 bits per heavy atom. The summed E-state index contributed by atoms with van der Waals surface area (Å²) in [6.07, 6.45) is 5.03. The van der Waals surface area contributed by atoms with Gasteiger partial charge in [-0.2, -0.15) is 0 Å². The highest BCUT2D eigenvalue weighted by molar-refractivity contribution is 5.96. The van der Waals surface area contributed by atoms with Crippen molar-refractivity contribution >= 4 is 5.78 Å². The van der Waals surface area contributed by atoms with Crippen LogP contribution in [0.4, 0.5) is 0 Å². The lowest BCUT2D eigenvalue weighted by atomic mass is 9.99. The van der Waals surface area contributed by atoms with E-state index < -0.39 is 0 Å². The van der Waals surface area contributed by atoms with Crippen molar-refractivity contribution in [3.63, 3.8) is 0 Å². The zero-order valence-corrected chi connectivity index (χ0v) is 13.6. The lowest BCUT2D eigenvalue weighted by Crippen LogP contribution is -2.24. The number of hydrogen-bond donors (Lipinski definition) is 0. The van der Waals surface area contributed by atoms with Crippen molar-refractivity contribution < 1.29 is 14.3 Å². The van der Waals surface area contributed by atoms with Gasteiger partial charge in [-0.25, -0.2) is 0 Å². The lowest BCUT2D eigenvalue weighted by molar-refractivity contribution is 0.101. The Morgan fingerprint density at radius 1 is 1.33 bits per heavy atom. The molecule has 2 unspecified atom stereocenters. The van der Waals surface area contributed by atoms with E-state index in [0.717, 1.165) is 35.5 Å². The summed E-state index contributed by atoms with van der Waals surface area (Å²) < 4.78 is 11.6. The van der Waals surface area contributed by atoms with Gasteiger partial charge in [0.25, 0.3) is 0 Å². The molecule has 21 heavy (non-hydrogen) atoms. The second-order valence-electron chi connectivity index (χ2n) is 5.94. The Balaban J connectivity index is 2.09. The standard InChI is InChI=1S/C18H26O3/c1-5-6-7-8-17(18-11-20-18)21-16-10-9-15(14(4)19)12(2)13(16)3/h9-10,17-18H,5-8,11H2,1-4H3. The number of rotatable bonds is 8. The van der Waals surface area contributed by atoms with Crippen molar-refractivity contribution in [2.24, 2.45) is 0 Å². The molecule has 1 aromatic carbocycles. The van der Waals surface area contributed by atoms with E-state index in [2.05, 4.69) is 6.92 Å². The number of Topliss-reactive ketones (excluding diaryl/α,β-unsaturated/α-hetero) is 1. The maximum absolute atomic E-state index is 11.6. The average Bonchev–Trinajstić information content (AvgIpc) is 3.27. The van der Waals surface area contributed by atoms with Gasteiger partial charge in [-0.3, -0.25) is 4.79 Å². The van der Waals surface area contributed by atoms with E-state index in [1.165, 1.54) is 19.3 Å². The lowest BCUT2D eigenvalue weighted by Gasteiger charge is -2.20. The Bertz CT molecular complexity index is 503. The fraction of sp³-hybridized carbons (Fsp3) is 0.611. The summed E-state index contributed by atoms with van der Waals surface area (Å²) in [5.74, 6) is 0.988. The van der Waals surface area contributed by atoms with E-state index in [0.29, 0.717) is 0 Å². The predicted octanol–water partition coefficient (Wildman–Crippen LogP) is 4.23. The second kappa shape index (κ2) is 7.08. The third kappa shape index (κ3) is 4.07. The maximum Gasteiger partial charge on any atom is 0.160 e. The molecule has 0 aliphatic carbocycles. The highest BCUT2D eigenvalue weighted by Crippen LogP contribution is 2.29. The first-order chi connectivity index (χ1) is 10.0. The fourth-order valence-electron chi connectivity index (χ4n) is 2.65. The highest BCUT2D eigenvalue weighted by atomic mass is 16.6. The molecule has 0 radical (unpaired) electrons. The minimum Gasteiger partial charge on any atom is -0.487 e. The van der Waals surface area contributed by atoms with Gasteiger partial charge in [0, 0.05) is 5.56 Å². The summed E-state index contributed by atoms with van der Waals surface area (Å²) in [7, 11) is 0. The topological polar surface area (TPSA) is 38.8 Å². The normalized spacial score (nSPS) is 18.4.